The van der Waals surface area contributed by atoms with E-state index in [0.717, 1.165) is 36.1 Å². The minimum atomic E-state index is -3.49. The first-order valence-corrected chi connectivity index (χ1v) is 10.9. The Labute approximate surface area is 164 Å². The quantitative estimate of drug-likeness (QED) is 0.802. The van der Waals surface area contributed by atoms with Crippen LogP contribution in [-0.2, 0) is 29.3 Å². The number of carbonyl (C=O) groups excluding carboxylic acids is 1. The maximum absolute atomic E-state index is 13.0. The molecule has 0 spiro atoms. The van der Waals surface area contributed by atoms with Gasteiger partial charge in [-0.05, 0) is 42.9 Å². The molecule has 1 aromatic carbocycles. The van der Waals surface area contributed by atoms with Gasteiger partial charge < -0.3 is 10.1 Å². The van der Waals surface area contributed by atoms with Crippen molar-refractivity contribution in [2.45, 2.75) is 51.5 Å². The van der Waals surface area contributed by atoms with Gasteiger partial charge in [0.1, 0.15) is 4.90 Å². The molecule has 4 rings (SSSR count). The standard InChI is InChI=1S/C19H25N5O3S/c1-12-7-8-13-5-4-6-14(13)16(12)22-18(25)23-28(20,26)15-9-21-24-10-19(2,3)11-27-17(15)24/h7-9H,4-6,10-11H2,1-3H3,(H3,20,22,23,25,26)/t28-/m1/s1. The fourth-order valence-corrected chi connectivity index (χ4v) is 4.79. The van der Waals surface area contributed by atoms with E-state index < -0.39 is 15.9 Å². The number of hydrogen-bond donors (Lipinski definition) is 2. The Kier molecular flexibility index (Phi) is 4.46. The molecule has 3 N–H and O–H groups in total. The number of carbonyl (C=O) groups is 1. The number of anilines is 1. The van der Waals surface area contributed by atoms with E-state index in [1.54, 1.807) is 4.68 Å². The van der Waals surface area contributed by atoms with Crippen molar-refractivity contribution >= 4 is 21.6 Å². The highest BCUT2D eigenvalue weighted by Crippen LogP contribution is 2.34. The van der Waals surface area contributed by atoms with Crippen LogP contribution in [-0.4, -0.2) is 26.6 Å². The van der Waals surface area contributed by atoms with E-state index in [0.29, 0.717) is 19.0 Å². The molecule has 150 valence electrons. The van der Waals surface area contributed by atoms with Gasteiger partial charge in [-0.15, -0.1) is 4.36 Å². The summed E-state index contributed by atoms with van der Waals surface area (Å²) in [5.74, 6) is 0.320. The first kappa shape index (κ1) is 18.9. The Balaban J connectivity index is 1.63. The van der Waals surface area contributed by atoms with Gasteiger partial charge in [-0.2, -0.15) is 5.10 Å². The molecule has 0 saturated carbocycles. The van der Waals surface area contributed by atoms with E-state index >= 15 is 0 Å². The average Bonchev–Trinajstić information content (AvgIpc) is 3.22. The lowest BCUT2D eigenvalue weighted by Crippen LogP contribution is -2.33. The number of aromatic nitrogens is 2. The first-order valence-electron chi connectivity index (χ1n) is 9.32. The first-order chi connectivity index (χ1) is 13.2. The Morgan fingerprint density at radius 3 is 2.96 bits per heavy atom. The third-order valence-corrected chi connectivity index (χ3v) is 6.54. The number of nitrogens with one attached hydrogen (secondary N) is 1. The van der Waals surface area contributed by atoms with Crippen LogP contribution in [0.5, 0.6) is 5.88 Å². The molecule has 0 unspecified atom stereocenters. The average molecular weight is 404 g/mol. The van der Waals surface area contributed by atoms with Gasteiger partial charge in [0.05, 0.1) is 19.3 Å². The summed E-state index contributed by atoms with van der Waals surface area (Å²) in [5.41, 5.74) is 3.96. The summed E-state index contributed by atoms with van der Waals surface area (Å²) >= 11 is 0. The third-order valence-electron chi connectivity index (χ3n) is 5.19. The predicted molar refractivity (Wildman–Crippen MR) is 107 cm³/mol. The normalized spacial score (nSPS) is 19.1. The Morgan fingerprint density at radius 1 is 1.39 bits per heavy atom. The summed E-state index contributed by atoms with van der Waals surface area (Å²) in [6, 6.07) is 3.34. The minimum absolute atomic E-state index is 0.0918. The van der Waals surface area contributed by atoms with Crippen LogP contribution in [0.2, 0.25) is 0 Å². The Hall–Kier alpha value is -2.39. The predicted octanol–water partition coefficient (Wildman–Crippen LogP) is 3.03. The van der Waals surface area contributed by atoms with Crippen LogP contribution in [0.4, 0.5) is 10.5 Å². The number of aryl methyl sites for hydroxylation is 2. The topological polar surface area (TPSA) is 112 Å². The Bertz CT molecular complexity index is 1080. The number of ether oxygens (including phenoxy) is 1. The van der Waals surface area contributed by atoms with Gasteiger partial charge in [-0.25, -0.2) is 18.8 Å². The second kappa shape index (κ2) is 6.59. The summed E-state index contributed by atoms with van der Waals surface area (Å²) in [7, 11) is -3.49. The molecule has 1 aromatic heterocycles. The molecule has 28 heavy (non-hydrogen) atoms. The molecule has 0 fully saturated rings. The fourth-order valence-electron chi connectivity index (χ4n) is 3.79. The molecular weight excluding hydrogens is 378 g/mol. The fraction of sp³-hybridized carbons (Fsp3) is 0.474. The summed E-state index contributed by atoms with van der Waals surface area (Å²) in [6.07, 6.45) is 4.34. The second-order valence-corrected chi connectivity index (χ2v) is 10.0. The number of nitrogens with two attached hydrogens (primary N) is 1. The largest absolute Gasteiger partial charge is 0.476 e. The van der Waals surface area contributed by atoms with E-state index in [1.165, 1.54) is 11.8 Å². The zero-order chi connectivity index (χ0) is 20.1. The van der Waals surface area contributed by atoms with E-state index in [-0.39, 0.29) is 10.3 Å². The highest BCUT2D eigenvalue weighted by Gasteiger charge is 2.32. The lowest BCUT2D eigenvalue weighted by Gasteiger charge is -2.30. The molecule has 2 aromatic rings. The van der Waals surface area contributed by atoms with Crippen molar-refractivity contribution in [2.24, 2.45) is 14.9 Å². The lowest BCUT2D eigenvalue weighted by molar-refractivity contribution is 0.0972. The van der Waals surface area contributed by atoms with E-state index in [2.05, 4.69) is 34.7 Å². The number of fused-ring (bicyclic) bond motifs is 2. The van der Waals surface area contributed by atoms with Crippen LogP contribution in [0.1, 0.15) is 37.0 Å². The van der Waals surface area contributed by atoms with Crippen molar-refractivity contribution in [3.05, 3.63) is 35.0 Å². The number of benzene rings is 1. The van der Waals surface area contributed by atoms with Crippen molar-refractivity contribution in [2.75, 3.05) is 11.9 Å². The molecule has 9 heteroatoms. The van der Waals surface area contributed by atoms with Crippen molar-refractivity contribution in [1.82, 2.24) is 9.78 Å². The highest BCUT2D eigenvalue weighted by atomic mass is 32.2. The maximum Gasteiger partial charge on any atom is 0.354 e. The minimum Gasteiger partial charge on any atom is -0.476 e. The van der Waals surface area contributed by atoms with Gasteiger partial charge in [0.25, 0.3) is 0 Å². The van der Waals surface area contributed by atoms with Crippen LogP contribution >= 0.6 is 0 Å². The van der Waals surface area contributed by atoms with Crippen LogP contribution in [0.3, 0.4) is 0 Å². The summed E-state index contributed by atoms with van der Waals surface area (Å²) < 4.78 is 24.1. The molecule has 1 aliphatic carbocycles. The number of nitrogens with zero attached hydrogens (tertiary/aromatic N) is 3. The van der Waals surface area contributed by atoms with Crippen molar-refractivity contribution in [1.29, 1.82) is 0 Å². The van der Waals surface area contributed by atoms with Gasteiger partial charge in [0.2, 0.25) is 5.88 Å². The van der Waals surface area contributed by atoms with Gasteiger partial charge in [-0.3, -0.25) is 0 Å². The van der Waals surface area contributed by atoms with Gasteiger partial charge >= 0.3 is 6.03 Å². The molecule has 0 saturated heterocycles. The molecule has 0 radical (unpaired) electrons. The van der Waals surface area contributed by atoms with Crippen LogP contribution in [0.15, 0.2) is 27.6 Å². The summed E-state index contributed by atoms with van der Waals surface area (Å²) in [5, 5.41) is 12.9. The monoisotopic (exact) mass is 403 g/mol. The van der Waals surface area contributed by atoms with Gasteiger partial charge in [0, 0.05) is 11.1 Å². The highest BCUT2D eigenvalue weighted by molar-refractivity contribution is 7.91. The molecule has 2 amide bonds. The third kappa shape index (κ3) is 3.40. The van der Waals surface area contributed by atoms with Crippen molar-refractivity contribution < 1.29 is 13.7 Å². The molecule has 0 bridgehead atoms. The summed E-state index contributed by atoms with van der Waals surface area (Å²) in [4.78, 5) is 12.7. The molecule has 1 atom stereocenters. The van der Waals surface area contributed by atoms with Crippen LogP contribution < -0.4 is 15.2 Å². The molecule has 2 aliphatic rings. The molecule has 8 nitrogen and oxygen atoms in total. The van der Waals surface area contributed by atoms with E-state index in [9.17, 15) is 9.00 Å². The zero-order valence-corrected chi connectivity index (χ0v) is 17.1. The van der Waals surface area contributed by atoms with Gasteiger partial charge in [-0.1, -0.05) is 26.0 Å². The smallest absolute Gasteiger partial charge is 0.354 e. The Morgan fingerprint density at radius 2 is 2.18 bits per heavy atom. The van der Waals surface area contributed by atoms with Crippen molar-refractivity contribution in [3.8, 4) is 5.88 Å². The molecule has 1 aliphatic heterocycles. The second-order valence-electron chi connectivity index (χ2n) is 8.26. The van der Waals surface area contributed by atoms with Gasteiger partial charge in [0.15, 0.2) is 9.92 Å². The number of hydrogen-bond acceptors (Lipinski definition) is 4. The number of urea groups is 1. The summed E-state index contributed by atoms with van der Waals surface area (Å²) in [6.45, 7) is 7.09. The number of amides is 2. The molecule has 2 heterocycles. The lowest BCUT2D eigenvalue weighted by atomic mass is 9.94. The maximum atomic E-state index is 13.0. The van der Waals surface area contributed by atoms with E-state index in [4.69, 9.17) is 9.88 Å². The van der Waals surface area contributed by atoms with Crippen molar-refractivity contribution in [3.63, 3.8) is 0 Å². The van der Waals surface area contributed by atoms with Crippen LogP contribution in [0.25, 0.3) is 0 Å². The van der Waals surface area contributed by atoms with Crippen LogP contribution in [0, 0.1) is 12.3 Å². The molecular formula is C19H25N5O3S. The zero-order valence-electron chi connectivity index (χ0n) is 16.3. The number of rotatable bonds is 2. The van der Waals surface area contributed by atoms with E-state index in [1.807, 2.05) is 13.0 Å². The SMILES string of the molecule is Cc1ccc2c(c1NC(=O)N=[S@@](N)(=O)c1cnn3c1OCC(C)(C)C3)CCC2.